The molecule has 0 bridgehead atoms. The molecule has 1 aromatic carbocycles. The number of benzene rings is 1. The Morgan fingerprint density at radius 3 is 2.47 bits per heavy atom. The molecule has 0 aliphatic carbocycles. The van der Waals surface area contributed by atoms with Crippen molar-refractivity contribution in [2.45, 2.75) is 13.8 Å². The molecule has 1 aromatic rings. The third-order valence-corrected chi connectivity index (χ3v) is 2.94. The highest BCUT2D eigenvalue weighted by atomic mass is 32.2. The van der Waals surface area contributed by atoms with Crippen molar-refractivity contribution < 1.29 is 9.53 Å². The second-order valence-corrected chi connectivity index (χ2v) is 4.36. The highest BCUT2D eigenvalue weighted by Crippen LogP contribution is 2.24. The second-order valence-electron chi connectivity index (χ2n) is 3.49. The van der Waals surface area contributed by atoms with Crippen molar-refractivity contribution in [1.29, 1.82) is 0 Å². The average Bonchev–Trinajstić information content (AvgIpc) is 2.21. The fraction of sp³-hybridized carbons (Fsp3) is 0.417. The van der Waals surface area contributed by atoms with Gasteiger partial charge in [0.25, 0.3) is 0 Å². The predicted octanol–water partition coefficient (Wildman–Crippen LogP) is 2.86. The molecule has 82 valence electrons. The SMILES string of the molecule is COc1cc(C)c(C)cc1C(=O)CSC. The van der Waals surface area contributed by atoms with Gasteiger partial charge in [-0.25, -0.2) is 0 Å². The van der Waals surface area contributed by atoms with Gasteiger partial charge in [0.15, 0.2) is 5.78 Å². The number of aryl methyl sites for hydroxylation is 2. The van der Waals surface area contributed by atoms with Crippen LogP contribution in [0, 0.1) is 13.8 Å². The highest BCUT2D eigenvalue weighted by molar-refractivity contribution is 7.99. The molecular formula is C12H16O2S. The highest BCUT2D eigenvalue weighted by Gasteiger charge is 2.12. The molecule has 0 aliphatic heterocycles. The van der Waals surface area contributed by atoms with Crippen molar-refractivity contribution in [2.24, 2.45) is 0 Å². The molecule has 0 atom stereocenters. The van der Waals surface area contributed by atoms with Gasteiger partial charge in [-0.15, -0.1) is 0 Å². The Bertz CT molecular complexity index is 372. The van der Waals surface area contributed by atoms with Crippen LogP contribution in [-0.4, -0.2) is 24.9 Å². The van der Waals surface area contributed by atoms with E-state index in [1.165, 1.54) is 11.8 Å². The van der Waals surface area contributed by atoms with Gasteiger partial charge >= 0.3 is 0 Å². The zero-order chi connectivity index (χ0) is 11.4. The lowest BCUT2D eigenvalue weighted by Crippen LogP contribution is -2.05. The summed E-state index contributed by atoms with van der Waals surface area (Å²) in [5, 5.41) is 0. The molecule has 3 heteroatoms. The average molecular weight is 224 g/mol. The molecule has 0 amide bonds. The van der Waals surface area contributed by atoms with Crippen molar-refractivity contribution in [3.8, 4) is 5.75 Å². The van der Waals surface area contributed by atoms with Gasteiger partial charge < -0.3 is 4.74 Å². The lowest BCUT2D eigenvalue weighted by Gasteiger charge is -2.10. The summed E-state index contributed by atoms with van der Waals surface area (Å²) in [4.78, 5) is 11.8. The van der Waals surface area contributed by atoms with E-state index in [9.17, 15) is 4.79 Å². The lowest BCUT2D eigenvalue weighted by atomic mass is 10.0. The van der Waals surface area contributed by atoms with E-state index in [0.29, 0.717) is 17.1 Å². The molecule has 1 rings (SSSR count). The third kappa shape index (κ3) is 2.75. The molecule has 2 nitrogen and oxygen atoms in total. The van der Waals surface area contributed by atoms with E-state index < -0.39 is 0 Å². The Balaban J connectivity index is 3.15. The van der Waals surface area contributed by atoms with Gasteiger partial charge in [0.1, 0.15) is 5.75 Å². The molecule has 0 N–H and O–H groups in total. The number of Topliss-reactive ketones (excluding diaryl/α,β-unsaturated/α-hetero) is 1. The molecule has 0 aromatic heterocycles. The van der Waals surface area contributed by atoms with Gasteiger partial charge in [0.05, 0.1) is 18.4 Å². The third-order valence-electron chi connectivity index (χ3n) is 2.39. The van der Waals surface area contributed by atoms with E-state index >= 15 is 0 Å². The van der Waals surface area contributed by atoms with Crippen molar-refractivity contribution in [2.75, 3.05) is 19.1 Å². The smallest absolute Gasteiger partial charge is 0.176 e. The van der Waals surface area contributed by atoms with E-state index in [-0.39, 0.29) is 5.78 Å². The fourth-order valence-electron chi connectivity index (χ4n) is 1.39. The minimum atomic E-state index is 0.127. The van der Waals surface area contributed by atoms with Crippen LogP contribution in [0.2, 0.25) is 0 Å². The number of methoxy groups -OCH3 is 1. The Morgan fingerprint density at radius 2 is 1.93 bits per heavy atom. The summed E-state index contributed by atoms with van der Waals surface area (Å²) in [5.41, 5.74) is 2.96. The number of thioether (sulfide) groups is 1. The molecule has 0 saturated heterocycles. The number of ketones is 1. The zero-order valence-corrected chi connectivity index (χ0v) is 10.4. The normalized spacial score (nSPS) is 10.1. The van der Waals surface area contributed by atoms with Crippen molar-refractivity contribution in [3.63, 3.8) is 0 Å². The monoisotopic (exact) mass is 224 g/mol. The molecule has 0 saturated carbocycles. The van der Waals surface area contributed by atoms with Gasteiger partial charge in [0, 0.05) is 0 Å². The van der Waals surface area contributed by atoms with Crippen LogP contribution in [0.25, 0.3) is 0 Å². The minimum Gasteiger partial charge on any atom is -0.496 e. The Kier molecular flexibility index (Phi) is 4.21. The predicted molar refractivity (Wildman–Crippen MR) is 65.2 cm³/mol. The summed E-state index contributed by atoms with van der Waals surface area (Å²) in [7, 11) is 1.60. The number of hydrogen-bond donors (Lipinski definition) is 0. The molecule has 0 heterocycles. The summed E-state index contributed by atoms with van der Waals surface area (Å²) in [5.74, 6) is 1.30. The van der Waals surface area contributed by atoms with Crippen LogP contribution in [0.1, 0.15) is 21.5 Å². The van der Waals surface area contributed by atoms with Gasteiger partial charge in [-0.2, -0.15) is 11.8 Å². The van der Waals surface area contributed by atoms with Crippen LogP contribution in [0.3, 0.4) is 0 Å². The Labute approximate surface area is 95.0 Å². The first kappa shape index (κ1) is 12.1. The zero-order valence-electron chi connectivity index (χ0n) is 9.59. The standard InChI is InChI=1S/C12H16O2S/c1-8-5-10(11(13)7-15-4)12(14-3)6-9(8)2/h5-6H,7H2,1-4H3. The van der Waals surface area contributed by atoms with Crippen LogP contribution in [-0.2, 0) is 0 Å². The van der Waals surface area contributed by atoms with Crippen LogP contribution < -0.4 is 4.74 Å². The van der Waals surface area contributed by atoms with Crippen LogP contribution in [0.5, 0.6) is 5.75 Å². The number of carbonyl (C=O) groups excluding carboxylic acids is 1. The van der Waals surface area contributed by atoms with Gasteiger partial charge in [-0.3, -0.25) is 4.79 Å². The molecule has 0 spiro atoms. The summed E-state index contributed by atoms with van der Waals surface area (Å²) in [6.07, 6.45) is 1.92. The fourth-order valence-corrected chi connectivity index (χ4v) is 1.80. The first-order valence-electron chi connectivity index (χ1n) is 4.77. The molecule has 0 aliphatic rings. The number of hydrogen-bond acceptors (Lipinski definition) is 3. The second kappa shape index (κ2) is 5.21. The van der Waals surface area contributed by atoms with Crippen molar-refractivity contribution in [3.05, 3.63) is 28.8 Å². The Morgan fingerprint density at radius 1 is 1.33 bits per heavy atom. The maximum absolute atomic E-state index is 11.8. The minimum absolute atomic E-state index is 0.127. The summed E-state index contributed by atoms with van der Waals surface area (Å²) < 4.78 is 5.22. The summed E-state index contributed by atoms with van der Waals surface area (Å²) in [6, 6.07) is 3.83. The Hall–Kier alpha value is -0.960. The molecule has 0 radical (unpaired) electrons. The van der Waals surface area contributed by atoms with E-state index in [1.807, 2.05) is 32.2 Å². The van der Waals surface area contributed by atoms with Gasteiger partial charge in [-0.05, 0) is 43.4 Å². The van der Waals surface area contributed by atoms with Crippen molar-refractivity contribution in [1.82, 2.24) is 0 Å². The number of ether oxygens (including phenoxy) is 1. The maximum Gasteiger partial charge on any atom is 0.176 e. The van der Waals surface area contributed by atoms with Crippen LogP contribution in [0.15, 0.2) is 12.1 Å². The summed E-state index contributed by atoms with van der Waals surface area (Å²) in [6.45, 7) is 4.02. The van der Waals surface area contributed by atoms with E-state index in [4.69, 9.17) is 4.74 Å². The summed E-state index contributed by atoms with van der Waals surface area (Å²) >= 11 is 1.53. The lowest BCUT2D eigenvalue weighted by molar-refractivity contribution is 0.101. The number of rotatable bonds is 4. The largest absolute Gasteiger partial charge is 0.496 e. The first-order chi connectivity index (χ1) is 7.10. The van der Waals surface area contributed by atoms with Gasteiger partial charge in [-0.1, -0.05) is 0 Å². The number of carbonyl (C=O) groups is 1. The molecule has 15 heavy (non-hydrogen) atoms. The molecular weight excluding hydrogens is 208 g/mol. The quantitative estimate of drug-likeness (QED) is 0.736. The molecule has 0 unspecified atom stereocenters. The van der Waals surface area contributed by atoms with Crippen LogP contribution in [0.4, 0.5) is 0 Å². The van der Waals surface area contributed by atoms with E-state index in [1.54, 1.807) is 7.11 Å². The first-order valence-corrected chi connectivity index (χ1v) is 6.17. The van der Waals surface area contributed by atoms with E-state index in [0.717, 1.165) is 11.1 Å². The maximum atomic E-state index is 11.8. The molecule has 0 fully saturated rings. The van der Waals surface area contributed by atoms with Crippen LogP contribution >= 0.6 is 11.8 Å². The topological polar surface area (TPSA) is 26.3 Å². The van der Waals surface area contributed by atoms with Crippen molar-refractivity contribution >= 4 is 17.5 Å². The van der Waals surface area contributed by atoms with Gasteiger partial charge in [0.2, 0.25) is 0 Å². The van der Waals surface area contributed by atoms with E-state index in [2.05, 4.69) is 0 Å².